The Kier molecular flexibility index (Phi) is 3.61. The van der Waals surface area contributed by atoms with E-state index in [2.05, 4.69) is 29.4 Å². The van der Waals surface area contributed by atoms with Crippen LogP contribution in [0, 0.1) is 5.92 Å². The summed E-state index contributed by atoms with van der Waals surface area (Å²) in [5.74, 6) is 0.511. The van der Waals surface area contributed by atoms with Crippen LogP contribution in [-0.2, 0) is 0 Å². The Hall–Kier alpha value is -1.17. The summed E-state index contributed by atoms with van der Waals surface area (Å²) in [7, 11) is 1.78. The van der Waals surface area contributed by atoms with Crippen molar-refractivity contribution >= 4 is 22.4 Å². The van der Waals surface area contributed by atoms with Gasteiger partial charge in [-0.05, 0) is 18.8 Å². The first-order chi connectivity index (χ1) is 8.11. The van der Waals surface area contributed by atoms with Gasteiger partial charge in [0.25, 0.3) is 5.91 Å². The van der Waals surface area contributed by atoms with E-state index in [9.17, 15) is 4.79 Å². The van der Waals surface area contributed by atoms with Crippen LogP contribution in [0.1, 0.15) is 36.5 Å². The molecule has 2 rings (SSSR count). The minimum absolute atomic E-state index is 0.0280. The second-order valence-electron chi connectivity index (χ2n) is 4.74. The molecule has 6 heteroatoms. The average Bonchev–Trinajstić information content (AvgIpc) is 3.02. The number of anilines is 1. The number of hydrogen-bond donors (Lipinski definition) is 1. The summed E-state index contributed by atoms with van der Waals surface area (Å²) < 4.78 is 0. The number of hydrogen-bond acceptors (Lipinski definition) is 5. The van der Waals surface area contributed by atoms with Crippen LogP contribution in [0.25, 0.3) is 0 Å². The fourth-order valence-corrected chi connectivity index (χ4v) is 2.36. The molecule has 0 spiro atoms. The first kappa shape index (κ1) is 12.3. The largest absolute Gasteiger partial charge is 0.363 e. The smallest absolute Gasteiger partial charge is 0.285 e. The monoisotopic (exact) mass is 254 g/mol. The molecule has 1 aromatic heterocycles. The van der Waals surface area contributed by atoms with Crippen LogP contribution in [0.5, 0.6) is 0 Å². The van der Waals surface area contributed by atoms with E-state index >= 15 is 0 Å². The van der Waals surface area contributed by atoms with Crippen molar-refractivity contribution in [2.24, 2.45) is 5.92 Å². The van der Waals surface area contributed by atoms with Gasteiger partial charge in [-0.2, -0.15) is 0 Å². The molecule has 1 amide bonds. The maximum absolute atomic E-state index is 12.3. The molecule has 1 saturated carbocycles. The highest BCUT2D eigenvalue weighted by Gasteiger charge is 2.34. The Labute approximate surface area is 105 Å². The van der Waals surface area contributed by atoms with Gasteiger partial charge in [-0.25, -0.2) is 0 Å². The summed E-state index contributed by atoms with van der Waals surface area (Å²) in [5.41, 5.74) is 0. The molecule has 1 aliphatic carbocycles. The van der Waals surface area contributed by atoms with Crippen molar-refractivity contribution in [1.29, 1.82) is 0 Å². The second kappa shape index (κ2) is 5.00. The number of amides is 1. The Balaban J connectivity index is 2.09. The van der Waals surface area contributed by atoms with E-state index in [0.29, 0.717) is 22.1 Å². The molecule has 94 valence electrons. The van der Waals surface area contributed by atoms with E-state index in [4.69, 9.17) is 0 Å². The van der Waals surface area contributed by atoms with Gasteiger partial charge in [-0.1, -0.05) is 25.2 Å². The van der Waals surface area contributed by atoms with Crippen molar-refractivity contribution in [2.45, 2.75) is 32.7 Å². The molecule has 17 heavy (non-hydrogen) atoms. The van der Waals surface area contributed by atoms with E-state index in [1.165, 1.54) is 11.3 Å². The number of rotatable bonds is 5. The SMILES string of the molecule is CNc1nnc(C(=O)N(CC(C)C)C2CC2)s1. The van der Waals surface area contributed by atoms with Crippen molar-refractivity contribution in [3.8, 4) is 0 Å². The van der Waals surface area contributed by atoms with Crippen molar-refractivity contribution < 1.29 is 4.79 Å². The van der Waals surface area contributed by atoms with Crippen molar-refractivity contribution in [3.05, 3.63) is 5.01 Å². The van der Waals surface area contributed by atoms with E-state index in [1.807, 2.05) is 4.90 Å². The summed E-state index contributed by atoms with van der Waals surface area (Å²) in [6.45, 7) is 5.06. The molecule has 0 bridgehead atoms. The number of carbonyl (C=O) groups excluding carboxylic acids is 1. The lowest BCUT2D eigenvalue weighted by atomic mass is 10.2. The molecule has 1 aromatic rings. The molecule has 0 radical (unpaired) electrons. The number of aromatic nitrogens is 2. The highest BCUT2D eigenvalue weighted by molar-refractivity contribution is 7.17. The number of nitrogens with zero attached hydrogens (tertiary/aromatic N) is 3. The predicted molar refractivity (Wildman–Crippen MR) is 68.4 cm³/mol. The lowest BCUT2D eigenvalue weighted by Crippen LogP contribution is -2.36. The molecular formula is C11H18N4OS. The van der Waals surface area contributed by atoms with Gasteiger partial charge in [0.2, 0.25) is 10.1 Å². The Morgan fingerprint density at radius 3 is 2.71 bits per heavy atom. The third-order valence-corrected chi connectivity index (χ3v) is 3.56. The van der Waals surface area contributed by atoms with Crippen molar-refractivity contribution in [3.63, 3.8) is 0 Å². The normalized spacial score (nSPS) is 15.1. The summed E-state index contributed by atoms with van der Waals surface area (Å²) in [4.78, 5) is 14.2. The molecule has 0 atom stereocenters. The maximum Gasteiger partial charge on any atom is 0.285 e. The molecule has 0 unspecified atom stereocenters. The van der Waals surface area contributed by atoms with Crippen LogP contribution in [0.3, 0.4) is 0 Å². The zero-order chi connectivity index (χ0) is 12.4. The third kappa shape index (κ3) is 2.94. The molecule has 1 fully saturated rings. The maximum atomic E-state index is 12.3. The van der Waals surface area contributed by atoms with Crippen LogP contribution in [0.4, 0.5) is 5.13 Å². The molecule has 0 aromatic carbocycles. The zero-order valence-electron chi connectivity index (χ0n) is 10.4. The highest BCUT2D eigenvalue weighted by Crippen LogP contribution is 2.29. The third-order valence-electron chi connectivity index (χ3n) is 2.63. The molecule has 0 saturated heterocycles. The van der Waals surface area contributed by atoms with Crippen LogP contribution in [-0.4, -0.2) is 40.6 Å². The van der Waals surface area contributed by atoms with Crippen LogP contribution in [0.2, 0.25) is 0 Å². The van der Waals surface area contributed by atoms with Crippen molar-refractivity contribution in [2.75, 3.05) is 18.9 Å². The summed E-state index contributed by atoms with van der Waals surface area (Å²) >= 11 is 1.32. The summed E-state index contributed by atoms with van der Waals surface area (Å²) in [5, 5.41) is 11.9. The lowest BCUT2D eigenvalue weighted by Gasteiger charge is -2.22. The zero-order valence-corrected chi connectivity index (χ0v) is 11.3. The van der Waals surface area contributed by atoms with Crippen LogP contribution < -0.4 is 5.32 Å². The fraction of sp³-hybridized carbons (Fsp3) is 0.727. The topological polar surface area (TPSA) is 58.1 Å². The fourth-order valence-electron chi connectivity index (χ4n) is 1.71. The van der Waals surface area contributed by atoms with E-state index < -0.39 is 0 Å². The van der Waals surface area contributed by atoms with Gasteiger partial charge in [0.1, 0.15) is 0 Å². The van der Waals surface area contributed by atoms with E-state index in [0.717, 1.165) is 19.4 Å². The molecular weight excluding hydrogens is 236 g/mol. The molecule has 5 nitrogen and oxygen atoms in total. The van der Waals surface area contributed by atoms with Crippen LogP contribution in [0.15, 0.2) is 0 Å². The Morgan fingerprint density at radius 2 is 2.24 bits per heavy atom. The van der Waals surface area contributed by atoms with Gasteiger partial charge in [0.15, 0.2) is 0 Å². The van der Waals surface area contributed by atoms with Gasteiger partial charge < -0.3 is 10.2 Å². The second-order valence-corrected chi connectivity index (χ2v) is 5.72. The number of nitrogens with one attached hydrogen (secondary N) is 1. The Bertz CT molecular complexity index is 400. The van der Waals surface area contributed by atoms with E-state index in [-0.39, 0.29) is 5.91 Å². The minimum Gasteiger partial charge on any atom is -0.363 e. The Morgan fingerprint density at radius 1 is 1.53 bits per heavy atom. The number of carbonyl (C=O) groups is 1. The summed E-state index contributed by atoms with van der Waals surface area (Å²) in [6.07, 6.45) is 2.24. The van der Waals surface area contributed by atoms with E-state index in [1.54, 1.807) is 7.05 Å². The quantitative estimate of drug-likeness (QED) is 0.871. The van der Waals surface area contributed by atoms with Gasteiger partial charge in [-0.15, -0.1) is 10.2 Å². The predicted octanol–water partition coefficient (Wildman–Crippen LogP) is 1.84. The van der Waals surface area contributed by atoms with Gasteiger partial charge in [0, 0.05) is 19.6 Å². The van der Waals surface area contributed by atoms with Crippen molar-refractivity contribution in [1.82, 2.24) is 15.1 Å². The standard InChI is InChI=1S/C11H18N4OS/c1-7(2)6-15(8-4-5-8)10(16)9-13-14-11(12-3)17-9/h7-8H,4-6H2,1-3H3,(H,12,14). The lowest BCUT2D eigenvalue weighted by molar-refractivity contribution is 0.0721. The molecule has 1 aliphatic rings. The minimum atomic E-state index is 0.0280. The molecule has 0 aliphatic heterocycles. The van der Waals surface area contributed by atoms with Gasteiger partial charge in [0.05, 0.1) is 0 Å². The van der Waals surface area contributed by atoms with Gasteiger partial charge >= 0.3 is 0 Å². The first-order valence-electron chi connectivity index (χ1n) is 5.94. The molecule has 1 N–H and O–H groups in total. The summed E-state index contributed by atoms with van der Waals surface area (Å²) in [6, 6.07) is 0.423. The van der Waals surface area contributed by atoms with Gasteiger partial charge in [-0.3, -0.25) is 4.79 Å². The first-order valence-corrected chi connectivity index (χ1v) is 6.75. The molecule has 1 heterocycles. The highest BCUT2D eigenvalue weighted by atomic mass is 32.1. The average molecular weight is 254 g/mol. The van der Waals surface area contributed by atoms with Crippen LogP contribution >= 0.6 is 11.3 Å².